The molecule has 184 valence electrons. The zero-order valence-electron chi connectivity index (χ0n) is 18.9. The highest BCUT2D eigenvalue weighted by Gasteiger charge is 2.35. The summed E-state index contributed by atoms with van der Waals surface area (Å²) >= 11 is 4.08. The monoisotopic (exact) mass is 569 g/mol. The van der Waals surface area contributed by atoms with Crippen LogP contribution >= 0.6 is 27.3 Å². The summed E-state index contributed by atoms with van der Waals surface area (Å²) in [6.07, 6.45) is -3.31. The van der Waals surface area contributed by atoms with Gasteiger partial charge in [-0.1, -0.05) is 0 Å². The fraction of sp³-hybridized carbons (Fsp3) is 0.286. The predicted octanol–water partition coefficient (Wildman–Crippen LogP) is 4.34. The van der Waals surface area contributed by atoms with Crippen LogP contribution in [0.15, 0.2) is 16.7 Å². The molecule has 0 atom stereocenters. The quantitative estimate of drug-likeness (QED) is 0.370. The SMILES string of the molecule is Cc1nn(CC(=O)Nc2c(C(N)=O)sc3nc(C(F)(F)F)cc(-c4cnn(C)c4C)c23)c(C)c1Br. The number of aryl methyl sites for hydroxylation is 2. The number of pyridine rings is 1. The first-order valence-corrected chi connectivity index (χ1v) is 11.7. The number of rotatable bonds is 5. The van der Waals surface area contributed by atoms with Crippen molar-refractivity contribution in [1.82, 2.24) is 24.5 Å². The first-order chi connectivity index (χ1) is 16.3. The smallest absolute Gasteiger partial charge is 0.365 e. The molecule has 0 saturated carbocycles. The molecule has 2 amide bonds. The van der Waals surface area contributed by atoms with Crippen LogP contribution in [-0.2, 0) is 24.6 Å². The Morgan fingerprint density at radius 3 is 2.40 bits per heavy atom. The molecule has 3 N–H and O–H groups in total. The Morgan fingerprint density at radius 2 is 1.89 bits per heavy atom. The molecular weight excluding hydrogens is 551 g/mol. The van der Waals surface area contributed by atoms with Crippen LogP contribution in [0.1, 0.15) is 32.4 Å². The van der Waals surface area contributed by atoms with E-state index in [0.717, 1.165) is 10.5 Å². The largest absolute Gasteiger partial charge is 0.433 e. The van der Waals surface area contributed by atoms with Gasteiger partial charge < -0.3 is 11.1 Å². The Kier molecular flexibility index (Phi) is 6.21. The molecule has 4 aromatic rings. The van der Waals surface area contributed by atoms with E-state index in [1.54, 1.807) is 27.8 Å². The lowest BCUT2D eigenvalue weighted by Gasteiger charge is -2.12. The van der Waals surface area contributed by atoms with Crippen LogP contribution < -0.4 is 11.1 Å². The number of hydrogen-bond acceptors (Lipinski definition) is 6. The van der Waals surface area contributed by atoms with Crippen molar-refractivity contribution in [3.8, 4) is 11.1 Å². The summed E-state index contributed by atoms with van der Waals surface area (Å²) < 4.78 is 44.7. The summed E-state index contributed by atoms with van der Waals surface area (Å²) in [6, 6.07) is 0.887. The lowest BCUT2D eigenvalue weighted by Crippen LogP contribution is -2.22. The Morgan fingerprint density at radius 1 is 1.20 bits per heavy atom. The van der Waals surface area contributed by atoms with E-state index in [1.807, 2.05) is 0 Å². The van der Waals surface area contributed by atoms with Crippen LogP contribution in [0.3, 0.4) is 0 Å². The minimum absolute atomic E-state index is 0.00238. The van der Waals surface area contributed by atoms with Gasteiger partial charge in [-0.15, -0.1) is 11.3 Å². The number of thiophene rings is 1. The standard InChI is InChI=1S/C21H19BrF3N7O2S/c1-8-16(22)10(3)32(30-8)7-14(33)29-17-15-11(12-6-27-31(4)9(12)2)5-13(21(23,24)25)28-20(15)35-18(17)19(26)34/h5-6H,7H2,1-4H3,(H2,26,34)(H,29,33). The van der Waals surface area contributed by atoms with E-state index in [0.29, 0.717) is 34.0 Å². The molecule has 0 fully saturated rings. The van der Waals surface area contributed by atoms with Gasteiger partial charge in [0.05, 0.1) is 27.7 Å². The zero-order valence-corrected chi connectivity index (χ0v) is 21.3. The van der Waals surface area contributed by atoms with Crippen molar-refractivity contribution in [2.75, 3.05) is 5.32 Å². The molecule has 14 heteroatoms. The first-order valence-electron chi connectivity index (χ1n) is 10.1. The number of fused-ring (bicyclic) bond motifs is 1. The molecule has 0 saturated heterocycles. The molecule has 4 rings (SSSR count). The summed E-state index contributed by atoms with van der Waals surface area (Å²) in [7, 11) is 1.65. The summed E-state index contributed by atoms with van der Waals surface area (Å²) in [5.41, 5.74) is 6.91. The summed E-state index contributed by atoms with van der Waals surface area (Å²) in [5, 5.41) is 11.2. The minimum Gasteiger partial charge on any atom is -0.365 e. The van der Waals surface area contributed by atoms with Crippen molar-refractivity contribution in [3.05, 3.63) is 44.4 Å². The third-order valence-electron chi connectivity index (χ3n) is 5.55. The topological polar surface area (TPSA) is 121 Å². The number of aromatic nitrogens is 5. The summed E-state index contributed by atoms with van der Waals surface area (Å²) in [6.45, 7) is 5.05. The minimum atomic E-state index is -4.73. The van der Waals surface area contributed by atoms with Crippen molar-refractivity contribution in [2.24, 2.45) is 12.8 Å². The number of carbonyl (C=O) groups is 2. The van der Waals surface area contributed by atoms with E-state index in [-0.39, 0.29) is 32.9 Å². The van der Waals surface area contributed by atoms with Gasteiger partial charge in [-0.2, -0.15) is 23.4 Å². The van der Waals surface area contributed by atoms with Gasteiger partial charge in [-0.25, -0.2) is 4.98 Å². The molecule has 35 heavy (non-hydrogen) atoms. The number of nitrogens with two attached hydrogens (primary N) is 1. The predicted molar refractivity (Wildman–Crippen MR) is 128 cm³/mol. The lowest BCUT2D eigenvalue weighted by molar-refractivity contribution is -0.140. The van der Waals surface area contributed by atoms with Gasteiger partial charge in [-0.05, 0) is 48.3 Å². The fourth-order valence-electron chi connectivity index (χ4n) is 3.66. The summed E-state index contributed by atoms with van der Waals surface area (Å²) in [4.78, 5) is 28.7. The van der Waals surface area contributed by atoms with Gasteiger partial charge in [0.25, 0.3) is 5.91 Å². The molecule has 4 heterocycles. The second-order valence-corrected chi connectivity index (χ2v) is 9.65. The van der Waals surface area contributed by atoms with Gasteiger partial charge in [0.1, 0.15) is 21.9 Å². The Bertz CT molecular complexity index is 1500. The number of nitrogens with zero attached hydrogens (tertiary/aromatic N) is 5. The number of nitrogens with one attached hydrogen (secondary N) is 1. The third kappa shape index (κ3) is 4.43. The second kappa shape index (κ2) is 8.75. The van der Waals surface area contributed by atoms with Crippen LogP contribution in [0.2, 0.25) is 0 Å². The van der Waals surface area contributed by atoms with E-state index in [2.05, 4.69) is 36.4 Å². The molecule has 0 bridgehead atoms. The van der Waals surface area contributed by atoms with E-state index >= 15 is 0 Å². The van der Waals surface area contributed by atoms with Crippen LogP contribution in [0.4, 0.5) is 18.9 Å². The van der Waals surface area contributed by atoms with Crippen LogP contribution in [0.5, 0.6) is 0 Å². The van der Waals surface area contributed by atoms with Crippen molar-refractivity contribution in [1.29, 1.82) is 0 Å². The maximum atomic E-state index is 13.7. The average molecular weight is 570 g/mol. The number of anilines is 1. The van der Waals surface area contributed by atoms with Gasteiger partial charge in [0.2, 0.25) is 5.91 Å². The molecule has 0 spiro atoms. The highest BCUT2D eigenvalue weighted by Crippen LogP contribution is 2.44. The molecule has 0 radical (unpaired) electrons. The highest BCUT2D eigenvalue weighted by molar-refractivity contribution is 9.10. The zero-order chi connectivity index (χ0) is 25.8. The molecule has 9 nitrogen and oxygen atoms in total. The number of halogens is 4. The van der Waals surface area contributed by atoms with Crippen molar-refractivity contribution >= 4 is 55.0 Å². The highest BCUT2D eigenvalue weighted by atomic mass is 79.9. The van der Waals surface area contributed by atoms with E-state index in [9.17, 15) is 22.8 Å². The van der Waals surface area contributed by atoms with E-state index in [1.165, 1.54) is 15.6 Å². The van der Waals surface area contributed by atoms with Crippen LogP contribution in [0.25, 0.3) is 21.3 Å². The molecule has 0 aliphatic carbocycles. The number of carbonyl (C=O) groups excluding carboxylic acids is 2. The van der Waals surface area contributed by atoms with E-state index in [4.69, 9.17) is 5.73 Å². The normalized spacial score (nSPS) is 11.9. The number of hydrogen-bond donors (Lipinski definition) is 2. The fourth-order valence-corrected chi connectivity index (χ4v) is 4.95. The molecule has 0 aliphatic rings. The maximum Gasteiger partial charge on any atom is 0.433 e. The van der Waals surface area contributed by atoms with Crippen molar-refractivity contribution < 1.29 is 22.8 Å². The first kappa shape index (κ1) is 24.9. The van der Waals surface area contributed by atoms with Gasteiger partial charge in [-0.3, -0.25) is 19.0 Å². The van der Waals surface area contributed by atoms with Gasteiger partial charge >= 0.3 is 6.18 Å². The number of primary amides is 1. The molecule has 4 aromatic heterocycles. The molecular formula is C21H19BrF3N7O2S. The Hall–Kier alpha value is -3.26. The summed E-state index contributed by atoms with van der Waals surface area (Å²) in [5.74, 6) is -1.45. The second-order valence-electron chi connectivity index (χ2n) is 7.86. The number of alkyl halides is 3. The van der Waals surface area contributed by atoms with Crippen molar-refractivity contribution in [3.63, 3.8) is 0 Å². The van der Waals surface area contributed by atoms with Crippen molar-refractivity contribution in [2.45, 2.75) is 33.5 Å². The molecule has 0 aliphatic heterocycles. The third-order valence-corrected chi connectivity index (χ3v) is 7.80. The lowest BCUT2D eigenvalue weighted by atomic mass is 10.0. The van der Waals surface area contributed by atoms with Gasteiger partial charge in [0.15, 0.2) is 0 Å². The van der Waals surface area contributed by atoms with Crippen LogP contribution in [0, 0.1) is 20.8 Å². The molecule has 0 unspecified atom stereocenters. The number of amides is 2. The van der Waals surface area contributed by atoms with Crippen LogP contribution in [-0.4, -0.2) is 36.4 Å². The Labute approximate surface area is 209 Å². The average Bonchev–Trinajstić information content (AvgIpc) is 3.38. The van der Waals surface area contributed by atoms with E-state index < -0.39 is 23.7 Å². The Balaban J connectivity index is 1.91. The molecule has 0 aromatic carbocycles. The van der Waals surface area contributed by atoms with Gasteiger partial charge in [0, 0.05) is 23.7 Å². The maximum absolute atomic E-state index is 13.7.